The highest BCUT2D eigenvalue weighted by atomic mass is 35.5. The summed E-state index contributed by atoms with van der Waals surface area (Å²) in [6.45, 7) is 0.546. The van der Waals surface area contributed by atoms with Gasteiger partial charge < -0.3 is 20.8 Å². The van der Waals surface area contributed by atoms with Gasteiger partial charge in [0, 0.05) is 13.1 Å². The molecule has 88 valence electrons. The Morgan fingerprint density at radius 1 is 1.25 bits per heavy atom. The fraction of sp³-hybridized carbons (Fsp3) is 0.444. The maximum absolute atomic E-state index is 9.42. The summed E-state index contributed by atoms with van der Waals surface area (Å²) in [4.78, 5) is 5.71. The molecule has 0 amide bonds. The molecule has 4 N–H and O–H groups in total. The number of rotatable bonds is 1. The molecule has 2 rings (SSSR count). The number of hydrogen-bond acceptors (Lipinski definition) is 5. The number of nitrogen functional groups attached to an aromatic ring is 1. The monoisotopic (exact) mass is 263 g/mol. The molecule has 2 heterocycles. The molecule has 1 aliphatic rings. The third kappa shape index (κ3) is 2.04. The number of aliphatic hydroxyl groups excluding tert-OH is 2. The third-order valence-electron chi connectivity index (χ3n) is 2.50. The minimum absolute atomic E-state index is 0.178. The van der Waals surface area contributed by atoms with Gasteiger partial charge in [-0.05, 0) is 6.07 Å². The van der Waals surface area contributed by atoms with E-state index in [9.17, 15) is 10.2 Å². The summed E-state index contributed by atoms with van der Waals surface area (Å²) in [5.74, 6) is 0.608. The van der Waals surface area contributed by atoms with E-state index in [-0.39, 0.29) is 23.9 Å². The molecule has 2 atom stereocenters. The Labute approximate surface area is 102 Å². The highest BCUT2D eigenvalue weighted by molar-refractivity contribution is 6.37. The summed E-state index contributed by atoms with van der Waals surface area (Å²) >= 11 is 11.7. The molecule has 1 aromatic rings. The van der Waals surface area contributed by atoms with Crippen LogP contribution in [0.25, 0.3) is 0 Å². The second-order valence-electron chi connectivity index (χ2n) is 3.70. The lowest BCUT2D eigenvalue weighted by atomic mass is 10.3. The normalized spacial score (nSPS) is 25.1. The van der Waals surface area contributed by atoms with Gasteiger partial charge in [0.05, 0.1) is 22.3 Å². The van der Waals surface area contributed by atoms with Crippen molar-refractivity contribution < 1.29 is 10.2 Å². The lowest BCUT2D eigenvalue weighted by Crippen LogP contribution is -2.23. The second-order valence-corrected chi connectivity index (χ2v) is 4.51. The van der Waals surface area contributed by atoms with E-state index in [2.05, 4.69) is 4.98 Å². The molecular weight excluding hydrogens is 253 g/mol. The number of aromatic nitrogens is 1. The summed E-state index contributed by atoms with van der Waals surface area (Å²) in [7, 11) is 0. The molecule has 1 fully saturated rings. The molecule has 0 spiro atoms. The van der Waals surface area contributed by atoms with Gasteiger partial charge in [-0.25, -0.2) is 4.98 Å². The Kier molecular flexibility index (Phi) is 3.12. The number of aliphatic hydroxyl groups is 2. The maximum atomic E-state index is 9.42. The topological polar surface area (TPSA) is 82.6 Å². The predicted octanol–water partition coefficient (Wildman–Crippen LogP) is 0.512. The Morgan fingerprint density at radius 3 is 2.38 bits per heavy atom. The van der Waals surface area contributed by atoms with Crippen LogP contribution in [0.15, 0.2) is 6.07 Å². The molecule has 0 aliphatic carbocycles. The number of β-amino-alcohol motifs (C(OH)–C–C–N with tert-alkyl or cyclic N) is 2. The number of hydrogen-bond donors (Lipinski definition) is 3. The average Bonchev–Trinajstić information content (AvgIpc) is 2.53. The highest BCUT2D eigenvalue weighted by Gasteiger charge is 2.31. The van der Waals surface area contributed by atoms with Crippen LogP contribution in [0, 0.1) is 0 Å². The number of halogens is 2. The minimum Gasteiger partial charge on any atom is -0.389 e. The van der Waals surface area contributed by atoms with Crippen molar-refractivity contribution in [3.8, 4) is 0 Å². The van der Waals surface area contributed by atoms with E-state index in [4.69, 9.17) is 28.9 Å². The van der Waals surface area contributed by atoms with Crippen LogP contribution in [0.2, 0.25) is 10.0 Å². The van der Waals surface area contributed by atoms with E-state index >= 15 is 0 Å². The van der Waals surface area contributed by atoms with E-state index < -0.39 is 12.2 Å². The maximum Gasteiger partial charge on any atom is 0.150 e. The van der Waals surface area contributed by atoms with Gasteiger partial charge in [-0.15, -0.1) is 0 Å². The van der Waals surface area contributed by atoms with E-state index in [1.807, 2.05) is 0 Å². The average molecular weight is 264 g/mol. The molecule has 1 aromatic heterocycles. The van der Waals surface area contributed by atoms with E-state index in [0.717, 1.165) is 0 Å². The molecule has 16 heavy (non-hydrogen) atoms. The van der Waals surface area contributed by atoms with Crippen molar-refractivity contribution in [2.45, 2.75) is 12.2 Å². The van der Waals surface area contributed by atoms with Gasteiger partial charge in [0.15, 0.2) is 0 Å². The Morgan fingerprint density at radius 2 is 1.81 bits per heavy atom. The quantitative estimate of drug-likeness (QED) is 0.688. The summed E-state index contributed by atoms with van der Waals surface area (Å²) in [6.07, 6.45) is -1.59. The first-order valence-corrected chi connectivity index (χ1v) is 5.47. The zero-order chi connectivity index (χ0) is 11.9. The molecule has 0 saturated carbocycles. The van der Waals surface area contributed by atoms with Crippen LogP contribution in [0.1, 0.15) is 0 Å². The van der Waals surface area contributed by atoms with Crippen LogP contribution in [0.3, 0.4) is 0 Å². The largest absolute Gasteiger partial charge is 0.389 e. The van der Waals surface area contributed by atoms with Crippen LogP contribution >= 0.6 is 23.2 Å². The van der Waals surface area contributed by atoms with Crippen LogP contribution in [0.4, 0.5) is 11.6 Å². The zero-order valence-electron chi connectivity index (χ0n) is 8.27. The van der Waals surface area contributed by atoms with Crippen LogP contribution in [0.5, 0.6) is 0 Å². The van der Waals surface area contributed by atoms with Crippen LogP contribution in [-0.2, 0) is 0 Å². The van der Waals surface area contributed by atoms with E-state index in [1.165, 1.54) is 6.07 Å². The second kappa shape index (κ2) is 4.25. The van der Waals surface area contributed by atoms with Gasteiger partial charge in [0.25, 0.3) is 0 Å². The third-order valence-corrected chi connectivity index (χ3v) is 3.08. The molecule has 1 aliphatic heterocycles. The molecule has 0 aromatic carbocycles. The molecule has 5 nitrogen and oxygen atoms in total. The number of nitrogens with zero attached hydrogens (tertiary/aromatic N) is 2. The molecular formula is C9H11Cl2N3O2. The van der Waals surface area contributed by atoms with Crippen LogP contribution < -0.4 is 10.6 Å². The Hall–Kier alpha value is -0.750. The lowest BCUT2D eigenvalue weighted by Gasteiger charge is -2.18. The Bertz CT molecular complexity index is 406. The first kappa shape index (κ1) is 11.7. The molecule has 2 unspecified atom stereocenters. The van der Waals surface area contributed by atoms with Crippen molar-refractivity contribution >= 4 is 34.8 Å². The SMILES string of the molecule is Nc1nc(N2CC(O)C(O)C2)c(Cl)cc1Cl. The number of anilines is 2. The van der Waals surface area contributed by atoms with Crippen molar-refractivity contribution in [1.82, 2.24) is 4.98 Å². The van der Waals surface area contributed by atoms with Gasteiger partial charge >= 0.3 is 0 Å². The highest BCUT2D eigenvalue weighted by Crippen LogP contribution is 2.31. The molecule has 0 bridgehead atoms. The van der Waals surface area contributed by atoms with Crippen molar-refractivity contribution in [2.75, 3.05) is 23.7 Å². The number of pyridine rings is 1. The smallest absolute Gasteiger partial charge is 0.150 e. The van der Waals surface area contributed by atoms with Crippen molar-refractivity contribution in [2.24, 2.45) is 0 Å². The summed E-state index contributed by atoms with van der Waals surface area (Å²) in [6, 6.07) is 1.50. The van der Waals surface area contributed by atoms with E-state index in [1.54, 1.807) is 4.90 Å². The molecule has 7 heteroatoms. The Balaban J connectivity index is 2.31. The number of nitrogens with two attached hydrogens (primary N) is 1. The fourth-order valence-electron chi connectivity index (χ4n) is 1.63. The van der Waals surface area contributed by atoms with Crippen molar-refractivity contribution in [1.29, 1.82) is 0 Å². The lowest BCUT2D eigenvalue weighted by molar-refractivity contribution is 0.0572. The minimum atomic E-state index is -0.797. The van der Waals surface area contributed by atoms with Crippen LogP contribution in [-0.4, -0.2) is 40.5 Å². The van der Waals surface area contributed by atoms with Crippen molar-refractivity contribution in [3.05, 3.63) is 16.1 Å². The molecule has 0 radical (unpaired) electrons. The summed E-state index contributed by atoms with van der Waals surface area (Å²) < 4.78 is 0. The van der Waals surface area contributed by atoms with Gasteiger partial charge in [-0.3, -0.25) is 0 Å². The standard InChI is InChI=1S/C9H11Cl2N3O2/c10-4-1-5(11)9(13-8(4)12)14-2-6(15)7(16)3-14/h1,6-7,15-16H,2-3H2,(H2,12,13). The fourth-order valence-corrected chi connectivity index (χ4v) is 2.11. The van der Waals surface area contributed by atoms with E-state index in [0.29, 0.717) is 10.8 Å². The van der Waals surface area contributed by atoms with Gasteiger partial charge in [-0.1, -0.05) is 23.2 Å². The first-order valence-electron chi connectivity index (χ1n) is 4.71. The van der Waals surface area contributed by atoms with Gasteiger partial charge in [0.1, 0.15) is 11.6 Å². The first-order chi connectivity index (χ1) is 7.49. The van der Waals surface area contributed by atoms with Gasteiger partial charge in [0.2, 0.25) is 0 Å². The zero-order valence-corrected chi connectivity index (χ0v) is 9.78. The predicted molar refractivity (Wildman–Crippen MR) is 62.9 cm³/mol. The molecule has 1 saturated heterocycles. The summed E-state index contributed by atoms with van der Waals surface area (Å²) in [5.41, 5.74) is 5.57. The van der Waals surface area contributed by atoms with Crippen molar-refractivity contribution in [3.63, 3.8) is 0 Å². The summed E-state index contributed by atoms with van der Waals surface area (Å²) in [5, 5.41) is 19.5. The van der Waals surface area contributed by atoms with Gasteiger partial charge in [-0.2, -0.15) is 0 Å².